The summed E-state index contributed by atoms with van der Waals surface area (Å²) in [6, 6.07) is 4.30. The summed E-state index contributed by atoms with van der Waals surface area (Å²) in [5.74, 6) is -0.537. The molecule has 1 aromatic heterocycles. The molecule has 0 atom stereocenters. The fraction of sp³-hybridized carbons (Fsp3) is 0.231. The van der Waals surface area contributed by atoms with Gasteiger partial charge in [-0.3, -0.25) is 4.68 Å². The first-order chi connectivity index (χ1) is 9.58. The number of benzene rings is 1. The number of aromatic nitrogens is 2. The van der Waals surface area contributed by atoms with Crippen LogP contribution in [0.2, 0.25) is 0 Å². The fourth-order valence-electron chi connectivity index (χ4n) is 1.87. The Morgan fingerprint density at radius 3 is 2.80 bits per heavy atom. The normalized spacial score (nSPS) is 11.8. The zero-order valence-corrected chi connectivity index (χ0v) is 11.0. The molecule has 0 aliphatic rings. The van der Waals surface area contributed by atoms with E-state index in [1.54, 1.807) is 16.9 Å². The van der Waals surface area contributed by atoms with Crippen LogP contribution in [0.1, 0.15) is 16.7 Å². The van der Waals surface area contributed by atoms with E-state index in [0.717, 1.165) is 11.1 Å². The van der Waals surface area contributed by atoms with Crippen LogP contribution in [0.15, 0.2) is 35.7 Å². The molecular weight excluding hydrogens is 261 g/mol. The summed E-state index contributed by atoms with van der Waals surface area (Å²) >= 11 is 0. The second-order valence-corrected chi connectivity index (χ2v) is 4.46. The average Bonchev–Trinajstić information content (AvgIpc) is 2.83. The molecule has 0 radical (unpaired) electrons. The molecule has 0 spiro atoms. The summed E-state index contributed by atoms with van der Waals surface area (Å²) in [6.45, 7) is 1.10. The van der Waals surface area contributed by atoms with E-state index in [4.69, 9.17) is 10.9 Å². The number of nitrogens with two attached hydrogens (primary N) is 1. The molecule has 0 fully saturated rings. The first-order valence-corrected chi connectivity index (χ1v) is 6.04. The molecule has 7 heteroatoms. The van der Waals surface area contributed by atoms with Crippen molar-refractivity contribution < 1.29 is 9.60 Å². The van der Waals surface area contributed by atoms with E-state index < -0.39 is 5.82 Å². The molecule has 2 rings (SSSR count). The van der Waals surface area contributed by atoms with E-state index >= 15 is 0 Å². The van der Waals surface area contributed by atoms with Crippen molar-refractivity contribution in [3.63, 3.8) is 0 Å². The van der Waals surface area contributed by atoms with E-state index in [9.17, 15) is 4.39 Å². The quantitative estimate of drug-likeness (QED) is 0.328. The largest absolute Gasteiger partial charge is 0.409 e. The SMILES string of the molecule is Cn1cc(CNCc2cc(F)cc(/C(N)=N/O)c2)cn1. The lowest BCUT2D eigenvalue weighted by Gasteiger charge is -2.06. The van der Waals surface area contributed by atoms with Crippen LogP contribution in [-0.2, 0) is 20.1 Å². The van der Waals surface area contributed by atoms with Crippen molar-refractivity contribution in [3.8, 4) is 0 Å². The Balaban J connectivity index is 2.00. The molecule has 6 nitrogen and oxygen atoms in total. The predicted molar refractivity (Wildman–Crippen MR) is 72.7 cm³/mol. The van der Waals surface area contributed by atoms with Crippen LogP contribution >= 0.6 is 0 Å². The highest BCUT2D eigenvalue weighted by Crippen LogP contribution is 2.09. The highest BCUT2D eigenvalue weighted by molar-refractivity contribution is 5.97. The van der Waals surface area contributed by atoms with Crippen LogP contribution in [-0.4, -0.2) is 20.8 Å². The first kappa shape index (κ1) is 14.0. The molecular formula is C13H16FN5O. The highest BCUT2D eigenvalue weighted by Gasteiger charge is 2.05. The zero-order chi connectivity index (χ0) is 14.5. The van der Waals surface area contributed by atoms with Crippen molar-refractivity contribution >= 4 is 5.84 Å². The monoisotopic (exact) mass is 277 g/mol. The maximum absolute atomic E-state index is 13.4. The average molecular weight is 277 g/mol. The standard InChI is InChI=1S/C13H16FN5O/c1-19-8-10(7-17-19)6-16-5-9-2-11(13(15)18-20)4-12(14)3-9/h2-4,7-8,16,20H,5-6H2,1H3,(H2,15,18). The lowest BCUT2D eigenvalue weighted by Crippen LogP contribution is -2.16. The second-order valence-electron chi connectivity index (χ2n) is 4.46. The summed E-state index contributed by atoms with van der Waals surface area (Å²) in [4.78, 5) is 0. The smallest absolute Gasteiger partial charge is 0.170 e. The van der Waals surface area contributed by atoms with Crippen LogP contribution in [0.25, 0.3) is 0 Å². The molecule has 0 bridgehead atoms. The lowest BCUT2D eigenvalue weighted by atomic mass is 10.1. The first-order valence-electron chi connectivity index (χ1n) is 6.04. The van der Waals surface area contributed by atoms with E-state index in [1.165, 1.54) is 12.1 Å². The maximum Gasteiger partial charge on any atom is 0.170 e. The van der Waals surface area contributed by atoms with Gasteiger partial charge in [-0.15, -0.1) is 0 Å². The summed E-state index contributed by atoms with van der Waals surface area (Å²) in [7, 11) is 1.85. The summed E-state index contributed by atoms with van der Waals surface area (Å²) in [6.07, 6.45) is 3.67. The molecule has 1 heterocycles. The number of nitrogens with one attached hydrogen (secondary N) is 1. The number of nitrogens with zero attached hydrogens (tertiary/aromatic N) is 3. The minimum Gasteiger partial charge on any atom is -0.409 e. The van der Waals surface area contributed by atoms with Crippen molar-refractivity contribution in [2.24, 2.45) is 17.9 Å². The van der Waals surface area contributed by atoms with Gasteiger partial charge < -0.3 is 16.3 Å². The Hall–Kier alpha value is -2.41. The van der Waals surface area contributed by atoms with Gasteiger partial charge in [0.25, 0.3) is 0 Å². The van der Waals surface area contributed by atoms with Gasteiger partial charge in [0.15, 0.2) is 5.84 Å². The Kier molecular flexibility index (Phi) is 4.31. The number of rotatable bonds is 5. The molecule has 106 valence electrons. The van der Waals surface area contributed by atoms with Crippen molar-refractivity contribution in [3.05, 3.63) is 53.1 Å². The Labute approximate surface area is 115 Å². The zero-order valence-electron chi connectivity index (χ0n) is 11.0. The number of hydrogen-bond acceptors (Lipinski definition) is 4. The molecule has 0 aliphatic carbocycles. The number of aryl methyl sites for hydroxylation is 1. The van der Waals surface area contributed by atoms with E-state index in [-0.39, 0.29) is 5.84 Å². The van der Waals surface area contributed by atoms with Gasteiger partial charge in [-0.1, -0.05) is 5.16 Å². The van der Waals surface area contributed by atoms with Crippen molar-refractivity contribution in [2.45, 2.75) is 13.1 Å². The van der Waals surface area contributed by atoms with Crippen LogP contribution in [0.5, 0.6) is 0 Å². The van der Waals surface area contributed by atoms with Gasteiger partial charge >= 0.3 is 0 Å². The van der Waals surface area contributed by atoms with Crippen LogP contribution in [0.4, 0.5) is 4.39 Å². The minimum absolute atomic E-state index is 0.113. The van der Waals surface area contributed by atoms with Crippen LogP contribution < -0.4 is 11.1 Å². The maximum atomic E-state index is 13.4. The highest BCUT2D eigenvalue weighted by atomic mass is 19.1. The number of oxime groups is 1. The molecule has 2 aromatic rings. The van der Waals surface area contributed by atoms with Crippen molar-refractivity contribution in [2.75, 3.05) is 0 Å². The summed E-state index contributed by atoms with van der Waals surface area (Å²) < 4.78 is 15.2. The molecule has 4 N–H and O–H groups in total. The second kappa shape index (κ2) is 6.16. The minimum atomic E-state index is -0.424. The van der Waals surface area contributed by atoms with Crippen molar-refractivity contribution in [1.29, 1.82) is 0 Å². The Morgan fingerprint density at radius 2 is 2.15 bits per heavy atom. The van der Waals surface area contributed by atoms with E-state index in [0.29, 0.717) is 18.7 Å². The predicted octanol–water partition coefficient (Wildman–Crippen LogP) is 0.944. The number of amidine groups is 1. The number of halogens is 1. The lowest BCUT2D eigenvalue weighted by molar-refractivity contribution is 0.318. The third-order valence-electron chi connectivity index (χ3n) is 2.78. The van der Waals surface area contributed by atoms with Gasteiger partial charge in [0.1, 0.15) is 5.82 Å². The van der Waals surface area contributed by atoms with Crippen molar-refractivity contribution in [1.82, 2.24) is 15.1 Å². The molecule has 1 aromatic carbocycles. The summed E-state index contributed by atoms with van der Waals surface area (Å²) in [5.41, 5.74) is 7.57. The molecule has 20 heavy (non-hydrogen) atoms. The van der Waals surface area contributed by atoms with Gasteiger partial charge in [-0.2, -0.15) is 5.10 Å². The molecule has 0 saturated carbocycles. The van der Waals surface area contributed by atoms with Gasteiger partial charge in [0.05, 0.1) is 6.20 Å². The van der Waals surface area contributed by atoms with Gasteiger partial charge in [0, 0.05) is 37.5 Å². The van der Waals surface area contributed by atoms with Gasteiger partial charge in [-0.05, 0) is 23.8 Å². The topological polar surface area (TPSA) is 88.5 Å². The fourth-order valence-corrected chi connectivity index (χ4v) is 1.87. The van der Waals surface area contributed by atoms with Gasteiger partial charge in [0.2, 0.25) is 0 Å². The molecule has 0 aliphatic heterocycles. The van der Waals surface area contributed by atoms with Crippen LogP contribution in [0.3, 0.4) is 0 Å². The van der Waals surface area contributed by atoms with Crippen LogP contribution in [0, 0.1) is 5.82 Å². The van der Waals surface area contributed by atoms with E-state index in [2.05, 4.69) is 15.6 Å². The Morgan fingerprint density at radius 1 is 1.40 bits per heavy atom. The number of hydrogen-bond donors (Lipinski definition) is 3. The molecule has 0 unspecified atom stereocenters. The van der Waals surface area contributed by atoms with E-state index in [1.807, 2.05) is 13.2 Å². The third-order valence-corrected chi connectivity index (χ3v) is 2.78. The third kappa shape index (κ3) is 3.55. The molecule has 0 saturated heterocycles. The molecule has 0 amide bonds. The van der Waals surface area contributed by atoms with Gasteiger partial charge in [-0.25, -0.2) is 4.39 Å². The Bertz CT molecular complexity index is 623. The summed E-state index contributed by atoms with van der Waals surface area (Å²) in [5, 5.41) is 18.7.